The van der Waals surface area contributed by atoms with Crippen molar-refractivity contribution in [2.75, 3.05) is 6.61 Å². The highest BCUT2D eigenvalue weighted by Gasteiger charge is 2.82. The minimum atomic E-state index is -1.62. The van der Waals surface area contributed by atoms with Gasteiger partial charge in [0.15, 0.2) is 12.4 Å². The molecule has 0 aromatic rings. The molecule has 0 bridgehead atoms. The first kappa shape index (κ1) is 21.3. The Balaban J connectivity index is 1.54. The molecular weight excluding hydrogens is 400 g/mol. The number of aliphatic hydroxyl groups excluding tert-OH is 1. The summed E-state index contributed by atoms with van der Waals surface area (Å²) in [6, 6.07) is 0. The molecule has 1 saturated heterocycles. The summed E-state index contributed by atoms with van der Waals surface area (Å²) in [4.78, 5) is 36.5. The molecule has 7 heteroatoms. The summed E-state index contributed by atoms with van der Waals surface area (Å²) in [5.41, 5.74) is -2.43. The fourth-order valence-electron chi connectivity index (χ4n) is 8.26. The number of ether oxygens (including phenoxy) is 2. The number of epoxide rings is 1. The van der Waals surface area contributed by atoms with Gasteiger partial charge < -0.3 is 19.7 Å². The van der Waals surface area contributed by atoms with Gasteiger partial charge in [-0.15, -0.1) is 0 Å². The number of carbonyl (C=O) groups is 3. The van der Waals surface area contributed by atoms with Crippen molar-refractivity contribution in [1.29, 1.82) is 0 Å². The normalized spacial score (nSPS) is 52.3. The molecule has 3 saturated carbocycles. The van der Waals surface area contributed by atoms with Gasteiger partial charge in [0, 0.05) is 24.2 Å². The maximum atomic E-state index is 13.1. The number of hydrogen-bond acceptors (Lipinski definition) is 7. The van der Waals surface area contributed by atoms with E-state index in [-0.39, 0.29) is 29.6 Å². The van der Waals surface area contributed by atoms with E-state index in [0.717, 1.165) is 5.57 Å². The van der Waals surface area contributed by atoms with Gasteiger partial charge in [0.1, 0.15) is 11.2 Å². The lowest BCUT2D eigenvalue weighted by Crippen LogP contribution is -2.64. The first-order valence-corrected chi connectivity index (χ1v) is 11.4. The van der Waals surface area contributed by atoms with Gasteiger partial charge in [-0.3, -0.25) is 14.4 Å². The third-order valence-electron chi connectivity index (χ3n) is 9.77. The van der Waals surface area contributed by atoms with Crippen molar-refractivity contribution < 1.29 is 34.1 Å². The van der Waals surface area contributed by atoms with E-state index in [4.69, 9.17) is 9.47 Å². The summed E-state index contributed by atoms with van der Waals surface area (Å²) in [5, 5.41) is 22.9. The highest BCUT2D eigenvalue weighted by molar-refractivity contribution is 5.92. The molecule has 0 radical (unpaired) electrons. The second-order valence-electron chi connectivity index (χ2n) is 11.0. The van der Waals surface area contributed by atoms with Crippen molar-refractivity contribution >= 4 is 17.5 Å². The molecule has 1 spiro atoms. The summed E-state index contributed by atoms with van der Waals surface area (Å²) in [6.45, 7) is 6.77. The molecule has 31 heavy (non-hydrogen) atoms. The van der Waals surface area contributed by atoms with Crippen LogP contribution in [0.15, 0.2) is 11.6 Å². The summed E-state index contributed by atoms with van der Waals surface area (Å²) < 4.78 is 11.4. The van der Waals surface area contributed by atoms with E-state index in [9.17, 15) is 24.6 Å². The smallest absolute Gasteiger partial charge is 0.303 e. The molecule has 7 nitrogen and oxygen atoms in total. The van der Waals surface area contributed by atoms with Crippen molar-refractivity contribution in [3.05, 3.63) is 11.6 Å². The maximum absolute atomic E-state index is 13.1. The summed E-state index contributed by atoms with van der Waals surface area (Å²) >= 11 is 0. The second kappa shape index (κ2) is 6.27. The van der Waals surface area contributed by atoms with Crippen LogP contribution in [0, 0.1) is 28.6 Å². The molecule has 0 aromatic heterocycles. The zero-order chi connectivity index (χ0) is 22.6. The monoisotopic (exact) mass is 432 g/mol. The van der Waals surface area contributed by atoms with Crippen molar-refractivity contribution in [3.63, 3.8) is 0 Å². The molecular formula is C24H32O7. The lowest BCUT2D eigenvalue weighted by atomic mass is 9.45. The van der Waals surface area contributed by atoms with Crippen molar-refractivity contribution in [2.45, 2.75) is 83.2 Å². The number of hydrogen-bond donors (Lipinski definition) is 2. The maximum Gasteiger partial charge on any atom is 0.303 e. The van der Waals surface area contributed by atoms with Gasteiger partial charge in [-0.1, -0.05) is 20.8 Å². The lowest BCUT2D eigenvalue weighted by molar-refractivity contribution is -0.172. The average Bonchev–Trinajstić information content (AvgIpc) is 3.38. The molecule has 0 amide bonds. The summed E-state index contributed by atoms with van der Waals surface area (Å²) in [5.74, 6) is -1.28. The van der Waals surface area contributed by atoms with Crippen LogP contribution in [0.5, 0.6) is 0 Å². The van der Waals surface area contributed by atoms with Crippen molar-refractivity contribution in [3.8, 4) is 0 Å². The van der Waals surface area contributed by atoms with E-state index in [2.05, 4.69) is 6.92 Å². The number of ketones is 2. The predicted octanol–water partition coefficient (Wildman–Crippen LogP) is 1.73. The van der Waals surface area contributed by atoms with Crippen LogP contribution in [-0.2, 0) is 23.9 Å². The van der Waals surface area contributed by atoms with Gasteiger partial charge in [-0.2, -0.15) is 0 Å². The van der Waals surface area contributed by atoms with Crippen molar-refractivity contribution in [1.82, 2.24) is 0 Å². The van der Waals surface area contributed by atoms with E-state index in [1.807, 2.05) is 13.8 Å². The average molecular weight is 433 g/mol. The molecule has 0 aromatic carbocycles. The highest BCUT2D eigenvalue weighted by Crippen LogP contribution is 2.76. The van der Waals surface area contributed by atoms with Crippen LogP contribution in [0.2, 0.25) is 0 Å². The molecule has 1 aliphatic heterocycles. The van der Waals surface area contributed by atoms with Gasteiger partial charge >= 0.3 is 5.97 Å². The Morgan fingerprint density at radius 1 is 1.26 bits per heavy atom. The lowest BCUT2D eigenvalue weighted by Gasteiger charge is -2.57. The zero-order valence-corrected chi connectivity index (χ0v) is 18.6. The molecule has 0 unspecified atom stereocenters. The Hall–Kier alpha value is -1.57. The third kappa shape index (κ3) is 2.38. The van der Waals surface area contributed by atoms with Gasteiger partial charge in [0.05, 0.1) is 12.2 Å². The van der Waals surface area contributed by atoms with E-state index in [1.54, 1.807) is 6.08 Å². The number of aliphatic hydroxyl groups is 2. The summed E-state index contributed by atoms with van der Waals surface area (Å²) in [7, 11) is 0. The fraction of sp³-hybridized carbons (Fsp3) is 0.792. The molecule has 5 rings (SSSR count). The van der Waals surface area contributed by atoms with Gasteiger partial charge in [-0.05, 0) is 55.1 Å². The van der Waals surface area contributed by atoms with Crippen LogP contribution in [-0.4, -0.2) is 57.8 Å². The standard InChI is InChI=1S/C24H32O7/c1-12-7-15-16-9-18(27)17-8-14(26)5-6-21(17,3)24(16)20(31-24)10-22(15,4)23(12,29)19(28)11-30-13(2)25/h8,12,15-16,18,20,27,29H,5-7,9-11H2,1-4H3/t12-,15+,16+,18+,20+,21+,22+,23+,24-/m1/s1. The molecule has 1 heterocycles. The van der Waals surface area contributed by atoms with E-state index in [0.29, 0.717) is 32.1 Å². The SMILES string of the molecule is CC(=O)OCC(=O)[C@@]1(O)[C@H](C)C[C@H]2[C@@H]3C[C@H](O)C4=CC(=O)CC[C@]4(C)[C@@]34O[C@H]4C[C@@]21C. The number of Topliss-reactive ketones (excluding diaryl/α,β-unsaturated/α-hetero) is 1. The Kier molecular flexibility index (Phi) is 4.30. The minimum Gasteiger partial charge on any atom is -0.458 e. The van der Waals surface area contributed by atoms with Crippen LogP contribution in [0.3, 0.4) is 0 Å². The number of esters is 1. The quantitative estimate of drug-likeness (QED) is 0.516. The predicted molar refractivity (Wildman–Crippen MR) is 109 cm³/mol. The zero-order valence-electron chi connectivity index (χ0n) is 18.6. The van der Waals surface area contributed by atoms with Crippen LogP contribution in [0.1, 0.15) is 59.8 Å². The molecule has 5 aliphatic rings. The Bertz CT molecular complexity index is 910. The Labute approximate surface area is 182 Å². The van der Waals surface area contributed by atoms with Gasteiger partial charge in [-0.25, -0.2) is 0 Å². The fourth-order valence-corrected chi connectivity index (χ4v) is 8.26. The Morgan fingerprint density at radius 2 is 1.97 bits per heavy atom. The number of rotatable bonds is 3. The first-order chi connectivity index (χ1) is 14.4. The molecule has 4 aliphatic carbocycles. The minimum absolute atomic E-state index is 0.0143. The Morgan fingerprint density at radius 3 is 2.65 bits per heavy atom. The molecule has 2 N–H and O–H groups in total. The highest BCUT2D eigenvalue weighted by atomic mass is 16.6. The molecule has 170 valence electrons. The van der Waals surface area contributed by atoms with Crippen molar-refractivity contribution in [2.24, 2.45) is 28.6 Å². The van der Waals surface area contributed by atoms with Crippen LogP contribution in [0.25, 0.3) is 0 Å². The second-order valence-corrected chi connectivity index (χ2v) is 11.0. The third-order valence-corrected chi connectivity index (χ3v) is 9.77. The van der Waals surface area contributed by atoms with Gasteiger partial charge in [0.2, 0.25) is 5.78 Å². The van der Waals surface area contributed by atoms with Crippen LogP contribution >= 0.6 is 0 Å². The number of carbonyl (C=O) groups excluding carboxylic acids is 3. The summed E-state index contributed by atoms with van der Waals surface area (Å²) in [6.07, 6.45) is 3.50. The van der Waals surface area contributed by atoms with Crippen LogP contribution < -0.4 is 0 Å². The number of fused-ring (bicyclic) bond motifs is 3. The largest absolute Gasteiger partial charge is 0.458 e. The molecule has 9 atom stereocenters. The van der Waals surface area contributed by atoms with E-state index < -0.39 is 46.5 Å². The van der Waals surface area contributed by atoms with Gasteiger partial charge in [0.25, 0.3) is 0 Å². The first-order valence-electron chi connectivity index (χ1n) is 11.4. The molecule has 4 fully saturated rings. The van der Waals surface area contributed by atoms with E-state index >= 15 is 0 Å². The van der Waals surface area contributed by atoms with E-state index in [1.165, 1.54) is 6.92 Å². The topological polar surface area (TPSA) is 113 Å². The van der Waals surface area contributed by atoms with Crippen LogP contribution in [0.4, 0.5) is 0 Å².